The summed E-state index contributed by atoms with van der Waals surface area (Å²) in [6.45, 7) is 9.12. The van der Waals surface area contributed by atoms with Gasteiger partial charge in [-0.3, -0.25) is 4.90 Å². The van der Waals surface area contributed by atoms with Gasteiger partial charge in [0.25, 0.3) is 0 Å². The molecule has 2 aliphatic rings. The number of rotatable bonds is 8. The monoisotopic (exact) mass is 564 g/mol. The number of piperazine rings is 1. The van der Waals surface area contributed by atoms with E-state index in [9.17, 15) is 4.39 Å². The smallest absolute Gasteiger partial charge is 0.181 e. The van der Waals surface area contributed by atoms with E-state index in [1.807, 2.05) is 18.0 Å². The van der Waals surface area contributed by atoms with Crippen molar-refractivity contribution < 1.29 is 13.9 Å². The number of likely N-dealkylation sites (N-methyl/N-ethyl adjacent to an activating group) is 1. The first-order chi connectivity index (χ1) is 19.9. The van der Waals surface area contributed by atoms with Gasteiger partial charge in [-0.2, -0.15) is 4.79 Å². The number of halogens is 1. The van der Waals surface area contributed by atoms with E-state index in [1.54, 1.807) is 24.3 Å². The van der Waals surface area contributed by atoms with Gasteiger partial charge >= 0.3 is 0 Å². The summed E-state index contributed by atoms with van der Waals surface area (Å²) in [4.78, 5) is 12.5. The third-order valence-corrected chi connectivity index (χ3v) is 7.27. The minimum Gasteiger partial charge on any atom is -0.383 e. The molecule has 218 valence electrons. The number of anilines is 2. The Morgan fingerprint density at radius 1 is 1.07 bits per heavy atom. The summed E-state index contributed by atoms with van der Waals surface area (Å²) in [6, 6.07) is 12.0. The lowest BCUT2D eigenvalue weighted by Gasteiger charge is -2.43. The molecule has 12 nitrogen and oxygen atoms in total. The number of ether oxygens (including phenoxy) is 2. The molecular weight excluding hydrogens is 527 g/mol. The van der Waals surface area contributed by atoms with Gasteiger partial charge in [-0.15, -0.1) is 10.2 Å². The first-order valence-electron chi connectivity index (χ1n) is 13.6. The molecule has 2 N–H and O–H groups in total. The summed E-state index contributed by atoms with van der Waals surface area (Å²) in [5.74, 6) is 5.20. The Balaban J connectivity index is 0.000000500. The summed E-state index contributed by atoms with van der Waals surface area (Å²) in [6.07, 6.45) is 4.77. The number of aryl methyl sites for hydroxylation is 1. The fraction of sp³-hybridized carbons (Fsp3) is 0.429. The van der Waals surface area contributed by atoms with Crippen LogP contribution in [-0.2, 0) is 9.47 Å². The zero-order chi connectivity index (χ0) is 28.8. The summed E-state index contributed by atoms with van der Waals surface area (Å²) in [5, 5.41) is 11.5. The van der Waals surface area contributed by atoms with Crippen molar-refractivity contribution in [2.45, 2.75) is 13.0 Å². The van der Waals surface area contributed by atoms with Crippen LogP contribution in [0.25, 0.3) is 17.1 Å². The number of nitrogen functional groups attached to an aromatic ring is 1. The lowest BCUT2D eigenvalue weighted by Crippen LogP contribution is -2.56. The van der Waals surface area contributed by atoms with Gasteiger partial charge in [0, 0.05) is 63.8 Å². The molecule has 0 atom stereocenters. The second-order valence-corrected chi connectivity index (χ2v) is 10.2. The Labute approximate surface area is 239 Å². The fourth-order valence-electron chi connectivity index (χ4n) is 4.86. The van der Waals surface area contributed by atoms with Crippen molar-refractivity contribution in [3.63, 3.8) is 0 Å². The van der Waals surface area contributed by atoms with E-state index >= 15 is 0 Å². The average Bonchev–Trinajstić information content (AvgIpc) is 3.63. The van der Waals surface area contributed by atoms with Gasteiger partial charge in [-0.1, -0.05) is 0 Å². The van der Waals surface area contributed by atoms with Gasteiger partial charge in [-0.05, 0) is 54.1 Å². The van der Waals surface area contributed by atoms with Crippen molar-refractivity contribution in [3.8, 4) is 17.1 Å². The minimum absolute atomic E-state index is 0.316. The van der Waals surface area contributed by atoms with Crippen molar-refractivity contribution in [1.82, 2.24) is 34.8 Å². The number of hydrogen-bond acceptors (Lipinski definition) is 10. The predicted octanol–water partition coefficient (Wildman–Crippen LogP) is 1.98. The molecule has 0 radical (unpaired) electrons. The van der Waals surface area contributed by atoms with Gasteiger partial charge in [0.1, 0.15) is 12.1 Å². The number of aromatic nitrogens is 6. The Morgan fingerprint density at radius 3 is 2.49 bits per heavy atom. The second-order valence-electron chi connectivity index (χ2n) is 10.2. The van der Waals surface area contributed by atoms with Gasteiger partial charge in [0.15, 0.2) is 5.82 Å². The molecule has 4 heterocycles. The van der Waals surface area contributed by atoms with Crippen molar-refractivity contribution in [2.75, 3.05) is 82.3 Å². The van der Waals surface area contributed by atoms with Crippen LogP contribution in [0.3, 0.4) is 0 Å². The molecule has 0 aliphatic carbocycles. The third kappa shape index (κ3) is 7.17. The Bertz CT molecular complexity index is 1400. The third-order valence-electron chi connectivity index (χ3n) is 7.27. The standard InChI is InChI=1S/C26H33FN6O2.C2H4N4/c1-19-10-23(31-4-6-32(7-5-31)25-16-35-17-25)15-24(11-19)33-18-28-26(29-33)20-12-21(27)14-22(13-20)30(2)8-9-34-3;3-6-2-1-4-5-6/h10-15,18,25H,4-9,16-17H2,1-3H3;1-2H,3H2. The molecule has 0 saturated carbocycles. The maximum Gasteiger partial charge on any atom is 0.181 e. The number of nitrogens with two attached hydrogens (primary N) is 1. The van der Waals surface area contributed by atoms with Crippen LogP contribution in [0.15, 0.2) is 55.1 Å². The number of nitrogens with zero attached hydrogens (tertiary/aromatic N) is 9. The molecule has 2 aromatic carbocycles. The zero-order valence-corrected chi connectivity index (χ0v) is 23.7. The molecule has 0 amide bonds. The summed E-state index contributed by atoms with van der Waals surface area (Å²) >= 11 is 0. The van der Waals surface area contributed by atoms with Crippen LogP contribution in [0.2, 0.25) is 0 Å². The van der Waals surface area contributed by atoms with Crippen molar-refractivity contribution in [2.24, 2.45) is 0 Å². The first-order valence-corrected chi connectivity index (χ1v) is 13.6. The van der Waals surface area contributed by atoms with Crippen LogP contribution in [0.1, 0.15) is 5.56 Å². The maximum absolute atomic E-state index is 14.4. The molecular formula is C28H37FN10O2. The molecule has 2 aromatic heterocycles. The van der Waals surface area contributed by atoms with E-state index in [2.05, 4.69) is 50.2 Å². The Morgan fingerprint density at radius 2 is 1.85 bits per heavy atom. The topological polar surface area (TPSA) is 116 Å². The fourth-order valence-corrected chi connectivity index (χ4v) is 4.86. The molecule has 2 aliphatic heterocycles. The Hall–Kier alpha value is -4.07. The van der Waals surface area contributed by atoms with Crippen LogP contribution in [0.4, 0.5) is 15.8 Å². The van der Waals surface area contributed by atoms with Gasteiger partial charge in [0.05, 0.1) is 43.9 Å². The van der Waals surface area contributed by atoms with Crippen LogP contribution in [-0.4, -0.2) is 108 Å². The molecule has 4 aromatic rings. The molecule has 6 rings (SSSR count). The van der Waals surface area contributed by atoms with Gasteiger partial charge in [0.2, 0.25) is 0 Å². The van der Waals surface area contributed by atoms with E-state index in [-0.39, 0.29) is 5.82 Å². The summed E-state index contributed by atoms with van der Waals surface area (Å²) < 4.78 is 26.7. The van der Waals surface area contributed by atoms with Crippen LogP contribution < -0.4 is 15.6 Å². The maximum atomic E-state index is 14.4. The highest BCUT2D eigenvalue weighted by Crippen LogP contribution is 2.26. The quantitative estimate of drug-likeness (QED) is 0.319. The molecule has 0 bridgehead atoms. The largest absolute Gasteiger partial charge is 0.383 e. The van der Waals surface area contributed by atoms with Crippen molar-refractivity contribution >= 4 is 11.4 Å². The first kappa shape index (κ1) is 28.5. The van der Waals surface area contributed by atoms with Crippen LogP contribution >= 0.6 is 0 Å². The van der Waals surface area contributed by atoms with E-state index in [0.29, 0.717) is 30.6 Å². The summed E-state index contributed by atoms with van der Waals surface area (Å²) in [5.41, 5.74) is 4.71. The highest BCUT2D eigenvalue weighted by Gasteiger charge is 2.29. The van der Waals surface area contributed by atoms with Crippen LogP contribution in [0.5, 0.6) is 0 Å². The molecule has 41 heavy (non-hydrogen) atoms. The van der Waals surface area contributed by atoms with Crippen molar-refractivity contribution in [1.29, 1.82) is 0 Å². The number of hydrogen-bond donors (Lipinski definition) is 1. The Kier molecular flexibility index (Phi) is 9.07. The van der Waals surface area contributed by atoms with Crippen molar-refractivity contribution in [3.05, 3.63) is 66.5 Å². The summed E-state index contributed by atoms with van der Waals surface area (Å²) in [7, 11) is 3.57. The van der Waals surface area contributed by atoms with E-state index < -0.39 is 0 Å². The van der Waals surface area contributed by atoms with Crippen LogP contribution in [0, 0.1) is 12.7 Å². The molecule has 13 heteroatoms. The number of methoxy groups -OCH3 is 1. The number of benzene rings is 2. The van der Waals surface area contributed by atoms with E-state index in [0.717, 1.165) is 61.1 Å². The van der Waals surface area contributed by atoms with Gasteiger partial charge in [-0.25, -0.2) is 14.1 Å². The molecule has 0 unspecified atom stereocenters. The highest BCUT2D eigenvalue weighted by molar-refractivity contribution is 5.63. The predicted molar refractivity (Wildman–Crippen MR) is 155 cm³/mol. The lowest BCUT2D eigenvalue weighted by molar-refractivity contribution is -0.0660. The minimum atomic E-state index is -0.316. The second kappa shape index (κ2) is 13.1. The van der Waals surface area contributed by atoms with E-state index in [4.69, 9.17) is 20.4 Å². The normalized spacial score (nSPS) is 15.8. The van der Waals surface area contributed by atoms with E-state index in [1.165, 1.54) is 24.0 Å². The SMILES string of the molecule is COCCN(C)c1cc(F)cc(-c2ncn(-c3cc(C)cc(N4CCN(C5COC5)CC4)c3)n2)c1.Nn1ccnn1. The van der Waals surface area contributed by atoms with Gasteiger partial charge < -0.3 is 25.1 Å². The molecule has 2 fully saturated rings. The zero-order valence-electron chi connectivity index (χ0n) is 23.7. The lowest BCUT2D eigenvalue weighted by atomic mass is 10.1. The highest BCUT2D eigenvalue weighted by atomic mass is 19.1. The molecule has 0 spiro atoms. The average molecular weight is 565 g/mol. The molecule has 2 saturated heterocycles.